The summed E-state index contributed by atoms with van der Waals surface area (Å²) in [7, 11) is 1.44. The van der Waals surface area contributed by atoms with Crippen LogP contribution in [0.1, 0.15) is 24.0 Å². The fourth-order valence-electron chi connectivity index (χ4n) is 2.67. The molecule has 1 aromatic carbocycles. The van der Waals surface area contributed by atoms with Crippen molar-refractivity contribution in [2.24, 2.45) is 0 Å². The van der Waals surface area contributed by atoms with Gasteiger partial charge in [-0.1, -0.05) is 18.5 Å². The van der Waals surface area contributed by atoms with Gasteiger partial charge in [0.25, 0.3) is 0 Å². The predicted molar refractivity (Wildman–Crippen MR) is 89.3 cm³/mol. The number of pyridine rings is 1. The molecule has 1 unspecified atom stereocenters. The number of methoxy groups -OCH3 is 1. The third-order valence-electron chi connectivity index (χ3n) is 3.73. The van der Waals surface area contributed by atoms with Crippen molar-refractivity contribution in [2.75, 3.05) is 7.11 Å². The van der Waals surface area contributed by atoms with E-state index >= 15 is 0 Å². The van der Waals surface area contributed by atoms with Crippen molar-refractivity contribution in [3.8, 4) is 5.75 Å². The van der Waals surface area contributed by atoms with Crippen LogP contribution in [-0.4, -0.2) is 17.1 Å². The lowest BCUT2D eigenvalue weighted by Crippen LogP contribution is -2.02. The number of hydrogen-bond donors (Lipinski definition) is 1. The zero-order valence-corrected chi connectivity index (χ0v) is 14.3. The van der Waals surface area contributed by atoms with Crippen molar-refractivity contribution >= 4 is 38.6 Å². The first-order valence-corrected chi connectivity index (χ1v) is 7.84. The minimum atomic E-state index is -0.423. The Morgan fingerprint density at radius 1 is 1.41 bits per heavy atom. The molecule has 1 atom stereocenters. The number of rotatable bonds is 3. The summed E-state index contributed by atoms with van der Waals surface area (Å²) in [6.45, 7) is 1.96. The van der Waals surface area contributed by atoms with Crippen LogP contribution in [-0.2, 0) is 0 Å². The minimum Gasteiger partial charge on any atom is -0.493 e. The molecule has 114 valence electrons. The molecular weight excluding hydrogens is 371 g/mol. The van der Waals surface area contributed by atoms with Crippen LogP contribution in [0.3, 0.4) is 0 Å². The number of nitrogens with zero attached hydrogens (tertiary/aromatic N) is 1. The normalized spacial score (nSPS) is 12.6. The van der Waals surface area contributed by atoms with Crippen LogP contribution >= 0.6 is 27.5 Å². The van der Waals surface area contributed by atoms with Gasteiger partial charge >= 0.3 is 0 Å². The molecule has 0 radical (unpaired) electrons. The first-order chi connectivity index (χ1) is 10.5. The van der Waals surface area contributed by atoms with Gasteiger partial charge in [-0.15, -0.1) is 0 Å². The van der Waals surface area contributed by atoms with E-state index in [-0.39, 0.29) is 11.7 Å². The lowest BCUT2D eigenvalue weighted by molar-refractivity contribution is 0.380. The highest BCUT2D eigenvalue weighted by atomic mass is 79.9. The fourth-order valence-corrected chi connectivity index (χ4v) is 3.32. The highest BCUT2D eigenvalue weighted by molar-refractivity contribution is 9.10. The van der Waals surface area contributed by atoms with Crippen LogP contribution < -0.4 is 4.74 Å². The summed E-state index contributed by atoms with van der Waals surface area (Å²) in [5.41, 5.74) is 2.39. The fraction of sp³-hybridized carbons (Fsp3) is 0.188. The van der Waals surface area contributed by atoms with E-state index in [1.54, 1.807) is 12.3 Å². The largest absolute Gasteiger partial charge is 0.493 e. The molecule has 3 nitrogen and oxygen atoms in total. The Bertz CT molecular complexity index is 850. The van der Waals surface area contributed by atoms with Crippen LogP contribution in [0.5, 0.6) is 5.75 Å². The van der Waals surface area contributed by atoms with Gasteiger partial charge in [-0.05, 0) is 39.7 Å². The van der Waals surface area contributed by atoms with E-state index in [1.807, 2.05) is 19.2 Å². The van der Waals surface area contributed by atoms with Crippen LogP contribution in [0.2, 0.25) is 5.02 Å². The summed E-state index contributed by atoms with van der Waals surface area (Å²) in [4.78, 5) is 7.45. The Hall–Kier alpha value is -1.59. The quantitative estimate of drug-likeness (QED) is 0.668. The zero-order chi connectivity index (χ0) is 15.9. The van der Waals surface area contributed by atoms with Gasteiger partial charge in [0.1, 0.15) is 5.65 Å². The maximum absolute atomic E-state index is 14.0. The highest BCUT2D eigenvalue weighted by Crippen LogP contribution is 2.40. The number of ether oxygens (including phenoxy) is 1. The molecule has 0 aliphatic carbocycles. The van der Waals surface area contributed by atoms with Crippen LogP contribution in [0.15, 0.2) is 35.1 Å². The first-order valence-electron chi connectivity index (χ1n) is 6.67. The lowest BCUT2D eigenvalue weighted by atomic mass is 9.92. The topological polar surface area (TPSA) is 37.9 Å². The molecular formula is C16H13BrClFN2O. The summed E-state index contributed by atoms with van der Waals surface area (Å²) in [5.74, 6) is -0.395. The number of hydrogen-bond acceptors (Lipinski definition) is 2. The smallest absolute Gasteiger partial charge is 0.165 e. The van der Waals surface area contributed by atoms with Crippen molar-refractivity contribution in [2.45, 2.75) is 12.8 Å². The number of benzene rings is 1. The van der Waals surface area contributed by atoms with Gasteiger partial charge in [0.2, 0.25) is 0 Å². The lowest BCUT2D eigenvalue weighted by Gasteiger charge is -2.17. The SMILES string of the molecule is COc1c(F)ccc(Cl)c1C(C)c1c[nH]c2ncc(Br)cc12. The van der Waals surface area contributed by atoms with Gasteiger partial charge in [-0.3, -0.25) is 0 Å². The van der Waals surface area contributed by atoms with Crippen molar-refractivity contribution in [3.63, 3.8) is 0 Å². The Labute approximate surface area is 140 Å². The molecule has 2 aromatic heterocycles. The molecule has 0 saturated heterocycles. The number of halogens is 3. The average molecular weight is 384 g/mol. The minimum absolute atomic E-state index is 0.150. The van der Waals surface area contributed by atoms with E-state index < -0.39 is 5.82 Å². The summed E-state index contributed by atoms with van der Waals surface area (Å²) in [6.07, 6.45) is 3.60. The van der Waals surface area contributed by atoms with E-state index in [9.17, 15) is 4.39 Å². The molecule has 0 amide bonds. The Morgan fingerprint density at radius 3 is 2.91 bits per heavy atom. The Morgan fingerprint density at radius 2 is 2.18 bits per heavy atom. The molecule has 0 fully saturated rings. The Kier molecular flexibility index (Phi) is 4.10. The van der Waals surface area contributed by atoms with Crippen LogP contribution in [0.4, 0.5) is 4.39 Å². The second-order valence-electron chi connectivity index (χ2n) is 4.99. The zero-order valence-electron chi connectivity index (χ0n) is 12.0. The average Bonchev–Trinajstić information content (AvgIpc) is 2.91. The van der Waals surface area contributed by atoms with Crippen LogP contribution in [0.25, 0.3) is 11.0 Å². The number of fused-ring (bicyclic) bond motifs is 1. The maximum atomic E-state index is 14.0. The molecule has 6 heteroatoms. The molecule has 22 heavy (non-hydrogen) atoms. The van der Waals surface area contributed by atoms with Crippen molar-refractivity contribution in [1.29, 1.82) is 0 Å². The second kappa shape index (κ2) is 5.89. The summed E-state index contributed by atoms with van der Waals surface area (Å²) >= 11 is 9.72. The van der Waals surface area contributed by atoms with Crippen molar-refractivity contribution in [1.82, 2.24) is 9.97 Å². The van der Waals surface area contributed by atoms with Gasteiger partial charge in [0, 0.05) is 38.8 Å². The predicted octanol–water partition coefficient (Wildman–Crippen LogP) is 5.28. The highest BCUT2D eigenvalue weighted by Gasteiger charge is 2.23. The number of aromatic amines is 1. The molecule has 0 bridgehead atoms. The molecule has 0 spiro atoms. The van der Waals surface area contributed by atoms with E-state index in [2.05, 4.69) is 25.9 Å². The third-order valence-corrected chi connectivity index (χ3v) is 4.49. The van der Waals surface area contributed by atoms with Gasteiger partial charge in [-0.2, -0.15) is 0 Å². The standard InChI is InChI=1S/C16H13BrClFN2O/c1-8(14-12(18)3-4-13(19)15(14)22-2)11-7-21-16-10(11)5-9(17)6-20-16/h3-8H,1-2H3,(H,20,21). The summed E-state index contributed by atoms with van der Waals surface area (Å²) in [6, 6.07) is 4.84. The molecule has 3 aromatic rings. The first kappa shape index (κ1) is 15.3. The molecule has 0 aliphatic rings. The number of nitrogens with one attached hydrogen (secondary N) is 1. The van der Waals surface area contributed by atoms with Gasteiger partial charge in [0.05, 0.1) is 7.11 Å². The molecule has 0 aliphatic heterocycles. The Balaban J connectivity index is 2.20. The van der Waals surface area contributed by atoms with Gasteiger partial charge in [0.15, 0.2) is 11.6 Å². The summed E-state index contributed by atoms with van der Waals surface area (Å²) in [5, 5.41) is 1.44. The second-order valence-corrected chi connectivity index (χ2v) is 6.31. The van der Waals surface area contributed by atoms with E-state index in [1.165, 1.54) is 13.2 Å². The molecule has 3 rings (SSSR count). The van der Waals surface area contributed by atoms with E-state index in [4.69, 9.17) is 16.3 Å². The monoisotopic (exact) mass is 382 g/mol. The van der Waals surface area contributed by atoms with Crippen molar-refractivity contribution < 1.29 is 9.13 Å². The van der Waals surface area contributed by atoms with Crippen LogP contribution in [0, 0.1) is 5.82 Å². The van der Waals surface area contributed by atoms with Gasteiger partial charge in [-0.25, -0.2) is 9.37 Å². The third kappa shape index (κ3) is 2.48. The van der Waals surface area contributed by atoms with Crippen molar-refractivity contribution in [3.05, 3.63) is 57.0 Å². The summed E-state index contributed by atoms with van der Waals surface area (Å²) < 4.78 is 20.1. The van der Waals surface area contributed by atoms with Gasteiger partial charge < -0.3 is 9.72 Å². The molecule has 1 N–H and O–H groups in total. The molecule has 2 heterocycles. The van der Waals surface area contributed by atoms with E-state index in [0.717, 1.165) is 21.1 Å². The maximum Gasteiger partial charge on any atom is 0.165 e. The molecule has 0 saturated carbocycles. The number of H-pyrrole nitrogens is 1. The number of aromatic nitrogens is 2. The van der Waals surface area contributed by atoms with E-state index in [0.29, 0.717) is 10.6 Å².